The van der Waals surface area contributed by atoms with Crippen molar-refractivity contribution in [1.82, 2.24) is 10.1 Å². The maximum absolute atomic E-state index is 12.8. The quantitative estimate of drug-likeness (QED) is 0.877. The summed E-state index contributed by atoms with van der Waals surface area (Å²) in [6.45, 7) is 2.04. The third kappa shape index (κ3) is 3.46. The van der Waals surface area contributed by atoms with Crippen LogP contribution in [0.2, 0.25) is 0 Å². The fourth-order valence-electron chi connectivity index (χ4n) is 2.96. The van der Waals surface area contributed by atoms with Crippen LogP contribution in [0.3, 0.4) is 0 Å². The summed E-state index contributed by atoms with van der Waals surface area (Å²) < 4.78 is 42.9. The minimum Gasteiger partial charge on any atom is -0.369 e. The third-order valence-electron chi connectivity index (χ3n) is 4.34. The van der Waals surface area contributed by atoms with Crippen molar-refractivity contribution in [2.45, 2.75) is 25.9 Å². The smallest absolute Gasteiger partial charge is 0.369 e. The Labute approximate surface area is 150 Å². The summed E-state index contributed by atoms with van der Waals surface area (Å²) in [5.41, 5.74) is 5.26. The van der Waals surface area contributed by atoms with Gasteiger partial charge < -0.3 is 15.2 Å². The van der Waals surface area contributed by atoms with Crippen LogP contribution in [0.1, 0.15) is 33.8 Å². The monoisotopic (exact) mass is 387 g/mol. The number of primary amides is 1. The van der Waals surface area contributed by atoms with E-state index in [-0.39, 0.29) is 29.6 Å². The van der Waals surface area contributed by atoms with Crippen molar-refractivity contribution < 1.29 is 27.3 Å². The summed E-state index contributed by atoms with van der Waals surface area (Å²) in [6.07, 6.45) is -3.30. The van der Waals surface area contributed by atoms with Crippen LogP contribution in [0.15, 0.2) is 16.7 Å². The number of piperidine rings is 1. The van der Waals surface area contributed by atoms with E-state index in [1.54, 1.807) is 11.0 Å². The highest BCUT2D eigenvalue weighted by molar-refractivity contribution is 7.17. The lowest BCUT2D eigenvalue weighted by Crippen LogP contribution is -2.43. The predicted molar refractivity (Wildman–Crippen MR) is 87.4 cm³/mol. The molecule has 1 saturated heterocycles. The van der Waals surface area contributed by atoms with Gasteiger partial charge >= 0.3 is 6.18 Å². The summed E-state index contributed by atoms with van der Waals surface area (Å²) in [7, 11) is 0. The van der Waals surface area contributed by atoms with Gasteiger partial charge in [-0.15, -0.1) is 11.3 Å². The van der Waals surface area contributed by atoms with Gasteiger partial charge in [0.25, 0.3) is 5.91 Å². The van der Waals surface area contributed by atoms with E-state index >= 15 is 0 Å². The normalized spacial score (nSPS) is 18.2. The van der Waals surface area contributed by atoms with Crippen molar-refractivity contribution in [2.75, 3.05) is 13.1 Å². The maximum atomic E-state index is 12.8. The Bertz CT molecular complexity index is 843. The highest BCUT2D eigenvalue weighted by Gasteiger charge is 2.39. The number of thiophene rings is 1. The molecule has 1 atom stereocenters. The molecule has 10 heteroatoms. The lowest BCUT2D eigenvalue weighted by molar-refractivity contribution is -0.156. The van der Waals surface area contributed by atoms with E-state index in [1.165, 1.54) is 13.0 Å². The van der Waals surface area contributed by atoms with Gasteiger partial charge in [-0.25, -0.2) is 0 Å². The minimum atomic E-state index is -4.62. The first kappa shape index (κ1) is 18.4. The Morgan fingerprint density at radius 2 is 2.12 bits per heavy atom. The van der Waals surface area contributed by atoms with Gasteiger partial charge in [-0.05, 0) is 31.9 Å². The van der Waals surface area contributed by atoms with E-state index in [1.807, 2.05) is 0 Å². The van der Waals surface area contributed by atoms with Gasteiger partial charge in [-0.1, -0.05) is 5.16 Å². The molecule has 0 aromatic carbocycles. The molecule has 1 fully saturated rings. The van der Waals surface area contributed by atoms with Crippen molar-refractivity contribution in [3.05, 3.63) is 28.3 Å². The molecule has 0 saturated carbocycles. The van der Waals surface area contributed by atoms with E-state index in [4.69, 9.17) is 5.73 Å². The number of halogens is 3. The van der Waals surface area contributed by atoms with Crippen LogP contribution >= 0.6 is 11.3 Å². The zero-order valence-electron chi connectivity index (χ0n) is 13.8. The molecular formula is C16H16F3N3O3S. The highest BCUT2D eigenvalue weighted by atomic mass is 32.1. The molecule has 0 bridgehead atoms. The van der Waals surface area contributed by atoms with Crippen molar-refractivity contribution in [3.8, 4) is 10.6 Å². The fraction of sp³-hybridized carbons (Fsp3) is 0.438. The standard InChI is InChI=1S/C16H16F3N3O3S/c1-8-12(21-25-13(8)16(17,18)19)10-4-5-11(26-10)15(24)22-6-2-3-9(7-22)14(20)23/h4-5,9H,2-3,6-7H2,1H3,(H2,20,23)/t9-/m0/s1. The Balaban J connectivity index is 1.81. The molecule has 3 heterocycles. The molecular weight excluding hydrogens is 371 g/mol. The summed E-state index contributed by atoms with van der Waals surface area (Å²) in [4.78, 5) is 26.3. The summed E-state index contributed by atoms with van der Waals surface area (Å²) >= 11 is 1.04. The number of alkyl halides is 3. The van der Waals surface area contributed by atoms with Gasteiger partial charge in [-0.3, -0.25) is 9.59 Å². The summed E-state index contributed by atoms with van der Waals surface area (Å²) in [5, 5.41) is 3.50. The lowest BCUT2D eigenvalue weighted by atomic mass is 9.97. The first-order valence-corrected chi connectivity index (χ1v) is 8.72. The van der Waals surface area contributed by atoms with E-state index in [0.717, 1.165) is 11.3 Å². The number of carbonyl (C=O) groups excluding carboxylic acids is 2. The van der Waals surface area contributed by atoms with Gasteiger partial charge in [-0.2, -0.15) is 13.2 Å². The van der Waals surface area contributed by atoms with Crippen molar-refractivity contribution in [1.29, 1.82) is 0 Å². The largest absolute Gasteiger partial charge is 0.452 e. The van der Waals surface area contributed by atoms with Crippen LogP contribution in [-0.2, 0) is 11.0 Å². The van der Waals surface area contributed by atoms with Crippen LogP contribution in [-0.4, -0.2) is 35.0 Å². The molecule has 0 radical (unpaired) electrons. The lowest BCUT2D eigenvalue weighted by Gasteiger charge is -2.30. The first-order chi connectivity index (χ1) is 12.2. The molecule has 140 valence electrons. The SMILES string of the molecule is Cc1c(-c2ccc(C(=O)N3CCC[C@H](C(N)=O)C3)s2)noc1C(F)(F)F. The Hall–Kier alpha value is -2.36. The number of likely N-dealkylation sites (tertiary alicyclic amines) is 1. The Morgan fingerprint density at radius 1 is 1.38 bits per heavy atom. The number of nitrogens with two attached hydrogens (primary N) is 1. The molecule has 2 aromatic rings. The van der Waals surface area contributed by atoms with Gasteiger partial charge in [0.05, 0.1) is 15.7 Å². The molecule has 0 unspecified atom stereocenters. The van der Waals surface area contributed by atoms with E-state index in [2.05, 4.69) is 9.68 Å². The Morgan fingerprint density at radius 3 is 2.73 bits per heavy atom. The number of hydrogen-bond donors (Lipinski definition) is 1. The zero-order valence-corrected chi connectivity index (χ0v) is 14.6. The minimum absolute atomic E-state index is 0.0648. The second-order valence-corrected chi connectivity index (χ2v) is 7.22. The third-order valence-corrected chi connectivity index (χ3v) is 5.42. The second-order valence-electron chi connectivity index (χ2n) is 6.14. The molecule has 1 aliphatic rings. The van der Waals surface area contributed by atoms with Gasteiger partial charge in [0.15, 0.2) is 0 Å². The molecule has 2 aromatic heterocycles. The zero-order chi connectivity index (χ0) is 19.1. The maximum Gasteiger partial charge on any atom is 0.452 e. The van der Waals surface area contributed by atoms with E-state index < -0.39 is 17.8 Å². The molecule has 0 spiro atoms. The number of rotatable bonds is 3. The van der Waals surface area contributed by atoms with Gasteiger partial charge in [0, 0.05) is 18.7 Å². The molecule has 2 N–H and O–H groups in total. The number of carbonyl (C=O) groups is 2. The van der Waals surface area contributed by atoms with E-state index in [0.29, 0.717) is 29.1 Å². The summed E-state index contributed by atoms with van der Waals surface area (Å²) in [6, 6.07) is 3.08. The van der Waals surface area contributed by atoms with Crippen LogP contribution in [0.4, 0.5) is 13.2 Å². The van der Waals surface area contributed by atoms with Gasteiger partial charge in [0.1, 0.15) is 5.69 Å². The molecule has 6 nitrogen and oxygen atoms in total. The van der Waals surface area contributed by atoms with Crippen LogP contribution in [0.5, 0.6) is 0 Å². The average Bonchev–Trinajstić information content (AvgIpc) is 3.20. The van der Waals surface area contributed by atoms with Crippen molar-refractivity contribution in [2.24, 2.45) is 11.7 Å². The molecule has 26 heavy (non-hydrogen) atoms. The summed E-state index contributed by atoms with van der Waals surface area (Å²) in [5.74, 6) is -2.23. The van der Waals surface area contributed by atoms with Gasteiger partial charge in [0.2, 0.25) is 11.7 Å². The first-order valence-electron chi connectivity index (χ1n) is 7.90. The average molecular weight is 387 g/mol. The van der Waals surface area contributed by atoms with Crippen molar-refractivity contribution in [3.63, 3.8) is 0 Å². The fourth-order valence-corrected chi connectivity index (χ4v) is 3.97. The Kier molecular flexibility index (Phi) is 4.78. The van der Waals surface area contributed by atoms with Crippen LogP contribution < -0.4 is 5.73 Å². The molecule has 0 aliphatic carbocycles. The number of aromatic nitrogens is 1. The number of amides is 2. The molecule has 3 rings (SSSR count). The highest BCUT2D eigenvalue weighted by Crippen LogP contribution is 2.38. The second kappa shape index (κ2) is 6.75. The predicted octanol–water partition coefficient (Wildman–Crippen LogP) is 3.07. The van der Waals surface area contributed by atoms with Crippen LogP contribution in [0.25, 0.3) is 10.6 Å². The number of nitrogens with zero attached hydrogens (tertiary/aromatic N) is 2. The number of hydrogen-bond acceptors (Lipinski definition) is 5. The topological polar surface area (TPSA) is 89.4 Å². The van der Waals surface area contributed by atoms with Crippen LogP contribution in [0, 0.1) is 12.8 Å². The molecule has 1 aliphatic heterocycles. The van der Waals surface area contributed by atoms with E-state index in [9.17, 15) is 22.8 Å². The molecule has 2 amide bonds. The van der Waals surface area contributed by atoms with Crippen molar-refractivity contribution >= 4 is 23.2 Å².